The average molecular weight is 764 g/mol. The van der Waals surface area contributed by atoms with Gasteiger partial charge in [0, 0.05) is 59.7 Å². The van der Waals surface area contributed by atoms with Crippen LogP contribution in [0.1, 0.15) is 67.0 Å². The maximum Gasteiger partial charge on any atom is 0.250 e. The molecule has 278 valence electrons. The molecule has 4 aliphatic rings. The standard InChI is InChI=1S/C42H44Cl2N8O2/c1-42(41(53)48-33-12-7-17-45-40(33)51-20-18-50(19-21-51)26-54-25-47-31-10-5-6-11-31)36-35-32(22-30(44)23-34(35)49-42)38(28-13-15-29(43)16-14-28)52-24-46-37(39(36)52)27-8-3-2-4-9-27/h2-4,7-9,12-17,22-24,31,36,38,47,49H,5-6,10-11,18-21,25-26H2,1H3,(H,48,53). The van der Waals surface area contributed by atoms with Crippen molar-refractivity contribution in [1.29, 1.82) is 0 Å². The van der Waals surface area contributed by atoms with E-state index in [1.165, 1.54) is 25.7 Å². The number of nitrogens with zero attached hydrogens (tertiary/aromatic N) is 5. The number of halogens is 2. The van der Waals surface area contributed by atoms with Gasteiger partial charge in [0.15, 0.2) is 5.82 Å². The lowest BCUT2D eigenvalue weighted by molar-refractivity contribution is -0.120. The largest absolute Gasteiger partial charge is 0.370 e. The van der Waals surface area contributed by atoms with Gasteiger partial charge in [-0.15, -0.1) is 0 Å². The highest BCUT2D eigenvalue weighted by Crippen LogP contribution is 2.57. The van der Waals surface area contributed by atoms with Gasteiger partial charge >= 0.3 is 0 Å². The van der Waals surface area contributed by atoms with E-state index < -0.39 is 5.54 Å². The predicted molar refractivity (Wildman–Crippen MR) is 215 cm³/mol. The molecule has 5 aromatic rings. The highest BCUT2D eigenvalue weighted by atomic mass is 35.5. The Hall–Kier alpha value is -4.45. The van der Waals surface area contributed by atoms with E-state index in [4.69, 9.17) is 37.9 Å². The van der Waals surface area contributed by atoms with Gasteiger partial charge in [-0.3, -0.25) is 15.0 Å². The minimum Gasteiger partial charge on any atom is -0.370 e. The Morgan fingerprint density at radius 2 is 1.72 bits per heavy atom. The summed E-state index contributed by atoms with van der Waals surface area (Å²) >= 11 is 13.2. The molecule has 54 heavy (non-hydrogen) atoms. The van der Waals surface area contributed by atoms with Gasteiger partial charge in [0.05, 0.1) is 42.1 Å². The first kappa shape index (κ1) is 35.3. The average Bonchev–Trinajstić information content (AvgIpc) is 3.94. The minimum absolute atomic E-state index is 0.168. The molecule has 2 aromatic heterocycles. The van der Waals surface area contributed by atoms with Gasteiger partial charge in [0.25, 0.3) is 5.91 Å². The number of nitrogens with one attached hydrogen (secondary N) is 3. The molecule has 5 heterocycles. The summed E-state index contributed by atoms with van der Waals surface area (Å²) in [6, 6.07) is 26.2. The number of anilines is 3. The molecule has 9 rings (SSSR count). The number of amides is 1. The number of hydrogen-bond donors (Lipinski definition) is 3. The molecule has 3 atom stereocenters. The van der Waals surface area contributed by atoms with E-state index in [1.54, 1.807) is 6.20 Å². The number of fused-ring (bicyclic) bond motifs is 2. The predicted octanol–water partition coefficient (Wildman–Crippen LogP) is 7.74. The number of piperazine rings is 1. The van der Waals surface area contributed by atoms with Crippen LogP contribution in [0.25, 0.3) is 11.3 Å². The van der Waals surface area contributed by atoms with Gasteiger partial charge in [-0.1, -0.05) is 78.5 Å². The molecular formula is C42H44Cl2N8O2. The van der Waals surface area contributed by atoms with Crippen LogP contribution in [0.2, 0.25) is 10.0 Å². The highest BCUT2D eigenvalue weighted by Gasteiger charge is 2.55. The number of hydrogen-bond acceptors (Lipinski definition) is 8. The molecule has 2 fully saturated rings. The van der Waals surface area contributed by atoms with Crippen molar-refractivity contribution in [1.82, 2.24) is 24.8 Å². The van der Waals surface area contributed by atoms with Gasteiger partial charge in [-0.05, 0) is 72.9 Å². The Kier molecular flexibility index (Phi) is 9.57. The number of imidazole rings is 1. The zero-order valence-corrected chi connectivity index (χ0v) is 31.8. The molecule has 0 spiro atoms. The number of carbonyl (C=O) groups excluding carboxylic acids is 1. The number of aromatic nitrogens is 3. The van der Waals surface area contributed by atoms with Crippen LogP contribution in [-0.2, 0) is 9.53 Å². The zero-order chi connectivity index (χ0) is 36.8. The summed E-state index contributed by atoms with van der Waals surface area (Å²) in [7, 11) is 0. The van der Waals surface area contributed by atoms with E-state index in [1.807, 2.05) is 80.0 Å². The lowest BCUT2D eigenvalue weighted by atomic mass is 9.74. The topological polar surface area (TPSA) is 99.6 Å². The van der Waals surface area contributed by atoms with Crippen LogP contribution in [0.5, 0.6) is 0 Å². The first-order valence-electron chi connectivity index (χ1n) is 18.9. The Labute approximate surface area is 325 Å². The van der Waals surface area contributed by atoms with E-state index in [0.717, 1.165) is 71.3 Å². The van der Waals surface area contributed by atoms with E-state index in [0.29, 0.717) is 35.2 Å². The Bertz CT molecular complexity index is 2150. The lowest BCUT2D eigenvalue weighted by Crippen LogP contribution is -2.50. The molecule has 1 saturated carbocycles. The molecule has 3 unspecified atom stereocenters. The van der Waals surface area contributed by atoms with Crippen molar-refractivity contribution in [2.75, 3.05) is 55.2 Å². The SMILES string of the molecule is CC1(C(=O)Nc2cccnc2N2CCN(COCNC3CCCC3)CC2)Nc2cc(Cl)cc3c2C1c1c(-c2ccccc2)ncn1C3c1ccc(Cl)cc1. The van der Waals surface area contributed by atoms with Crippen molar-refractivity contribution in [2.24, 2.45) is 0 Å². The molecule has 1 saturated heterocycles. The third-order valence-electron chi connectivity index (χ3n) is 11.6. The van der Waals surface area contributed by atoms with Crippen LogP contribution in [-0.4, -0.2) is 76.6 Å². The van der Waals surface area contributed by atoms with E-state index >= 15 is 0 Å². The highest BCUT2D eigenvalue weighted by molar-refractivity contribution is 6.31. The van der Waals surface area contributed by atoms with Crippen molar-refractivity contribution in [3.8, 4) is 11.3 Å². The second kappa shape index (κ2) is 14.7. The quantitative estimate of drug-likeness (QED) is 0.0982. The maximum atomic E-state index is 15.0. The van der Waals surface area contributed by atoms with E-state index in [2.05, 4.69) is 42.5 Å². The monoisotopic (exact) mass is 762 g/mol. The first-order valence-corrected chi connectivity index (χ1v) is 19.7. The Balaban J connectivity index is 1.01. The number of pyridine rings is 1. The molecule has 3 aliphatic heterocycles. The second-order valence-corrected chi connectivity index (χ2v) is 15.9. The van der Waals surface area contributed by atoms with Gasteiger partial charge < -0.3 is 24.8 Å². The summed E-state index contributed by atoms with van der Waals surface area (Å²) in [6.07, 6.45) is 8.79. The molecule has 3 aromatic carbocycles. The molecule has 0 bridgehead atoms. The number of carbonyl (C=O) groups is 1. The van der Waals surface area contributed by atoms with E-state index in [-0.39, 0.29) is 17.9 Å². The first-order chi connectivity index (χ1) is 26.4. The Morgan fingerprint density at radius 3 is 2.50 bits per heavy atom. The van der Waals surface area contributed by atoms with Crippen LogP contribution in [0.4, 0.5) is 17.2 Å². The molecule has 0 radical (unpaired) electrons. The normalized spacial score (nSPS) is 22.2. The molecular weight excluding hydrogens is 719 g/mol. The van der Waals surface area contributed by atoms with Crippen molar-refractivity contribution in [3.05, 3.63) is 124 Å². The fourth-order valence-corrected chi connectivity index (χ4v) is 9.27. The van der Waals surface area contributed by atoms with Crippen molar-refractivity contribution in [3.63, 3.8) is 0 Å². The number of ether oxygens (including phenoxy) is 1. The van der Waals surface area contributed by atoms with Gasteiger partial charge in [-0.2, -0.15) is 0 Å². The minimum atomic E-state index is -1.11. The molecule has 1 amide bonds. The van der Waals surface area contributed by atoms with Crippen LogP contribution in [0.15, 0.2) is 91.4 Å². The van der Waals surface area contributed by atoms with Gasteiger partial charge in [0.1, 0.15) is 12.3 Å². The van der Waals surface area contributed by atoms with Crippen LogP contribution in [0, 0.1) is 0 Å². The summed E-state index contributed by atoms with van der Waals surface area (Å²) in [5, 5.41) is 11.8. The molecule has 10 nitrogen and oxygen atoms in total. The summed E-state index contributed by atoms with van der Waals surface area (Å²) in [5.74, 6) is 0.213. The van der Waals surface area contributed by atoms with Crippen LogP contribution < -0.4 is 20.9 Å². The summed E-state index contributed by atoms with van der Waals surface area (Å²) < 4.78 is 8.19. The van der Waals surface area contributed by atoms with Crippen LogP contribution in [0.3, 0.4) is 0 Å². The lowest BCUT2D eigenvalue weighted by Gasteiger charge is -2.38. The molecule has 1 aliphatic carbocycles. The molecule has 3 N–H and O–H groups in total. The van der Waals surface area contributed by atoms with Crippen molar-refractivity contribution < 1.29 is 9.53 Å². The second-order valence-electron chi connectivity index (χ2n) is 15.0. The van der Waals surface area contributed by atoms with Crippen molar-refractivity contribution >= 4 is 46.3 Å². The van der Waals surface area contributed by atoms with Gasteiger partial charge in [0.2, 0.25) is 0 Å². The summed E-state index contributed by atoms with van der Waals surface area (Å²) in [4.78, 5) is 29.4. The summed E-state index contributed by atoms with van der Waals surface area (Å²) in [5.41, 5.74) is 6.32. The van der Waals surface area contributed by atoms with Gasteiger partial charge in [-0.25, -0.2) is 9.97 Å². The number of rotatable bonds is 10. The Morgan fingerprint density at radius 1 is 0.944 bits per heavy atom. The third kappa shape index (κ3) is 6.43. The molecule has 12 heteroatoms. The number of benzene rings is 3. The fraction of sp³-hybridized carbons (Fsp3) is 0.357. The maximum absolute atomic E-state index is 15.0. The van der Waals surface area contributed by atoms with E-state index in [9.17, 15) is 4.79 Å². The smallest absolute Gasteiger partial charge is 0.250 e. The third-order valence-corrected chi connectivity index (χ3v) is 12.1. The van der Waals surface area contributed by atoms with Crippen molar-refractivity contribution in [2.45, 2.75) is 56.1 Å². The fourth-order valence-electron chi connectivity index (χ4n) is 8.91. The van der Waals surface area contributed by atoms with Crippen LogP contribution >= 0.6 is 23.2 Å². The summed E-state index contributed by atoms with van der Waals surface area (Å²) in [6.45, 7) is 6.39. The zero-order valence-electron chi connectivity index (χ0n) is 30.3.